The second-order valence-corrected chi connectivity index (χ2v) is 5.64. The topological polar surface area (TPSA) is 79.5 Å². The molecule has 3 rings (SSSR count). The normalized spacial score (nSPS) is 15.3. The zero-order valence-electron chi connectivity index (χ0n) is 13.6. The highest BCUT2D eigenvalue weighted by Crippen LogP contribution is 2.33. The Kier molecular flexibility index (Phi) is 4.83. The highest BCUT2D eigenvalue weighted by molar-refractivity contribution is 6.02. The van der Waals surface area contributed by atoms with Gasteiger partial charge < -0.3 is 20.7 Å². The number of ether oxygens (including phenoxy) is 1. The molecule has 2 aromatic rings. The van der Waals surface area contributed by atoms with Gasteiger partial charge in [-0.05, 0) is 30.2 Å². The number of rotatable bonds is 5. The third kappa shape index (κ3) is 3.71. The predicted molar refractivity (Wildman–Crippen MR) is 92.4 cm³/mol. The minimum absolute atomic E-state index is 0.0739. The van der Waals surface area contributed by atoms with Crippen LogP contribution in [0.1, 0.15) is 17.9 Å². The number of para-hydroxylation sites is 1. The van der Waals surface area contributed by atoms with Gasteiger partial charge in [0.2, 0.25) is 5.91 Å². The molecule has 7 heteroatoms. The van der Waals surface area contributed by atoms with E-state index in [0.717, 1.165) is 11.3 Å². The Morgan fingerprint density at radius 1 is 1.28 bits per heavy atom. The van der Waals surface area contributed by atoms with Crippen LogP contribution in [0.2, 0.25) is 0 Å². The first-order valence-corrected chi connectivity index (χ1v) is 7.86. The molecule has 2 aromatic carbocycles. The van der Waals surface area contributed by atoms with Gasteiger partial charge in [-0.15, -0.1) is 0 Å². The van der Waals surface area contributed by atoms with Gasteiger partial charge in [-0.25, -0.2) is 9.18 Å². The number of benzene rings is 2. The molecule has 6 nitrogen and oxygen atoms in total. The van der Waals surface area contributed by atoms with E-state index in [1.165, 1.54) is 25.3 Å². The summed E-state index contributed by atoms with van der Waals surface area (Å²) in [4.78, 5) is 24.0. The van der Waals surface area contributed by atoms with Crippen LogP contribution in [0.15, 0.2) is 42.5 Å². The Hall–Kier alpha value is -3.09. The number of carbonyl (C=O) groups is 2. The summed E-state index contributed by atoms with van der Waals surface area (Å²) in [5, 5.41) is 8.04. The zero-order chi connectivity index (χ0) is 17.8. The molecule has 0 saturated carbocycles. The maximum atomic E-state index is 13.3. The minimum atomic E-state index is -0.490. The van der Waals surface area contributed by atoms with Crippen LogP contribution in [0.5, 0.6) is 5.75 Å². The molecule has 0 spiro atoms. The molecule has 3 N–H and O–H groups in total. The summed E-state index contributed by atoms with van der Waals surface area (Å²) >= 11 is 0. The van der Waals surface area contributed by atoms with Gasteiger partial charge in [0.1, 0.15) is 11.6 Å². The Morgan fingerprint density at radius 3 is 2.88 bits per heavy atom. The van der Waals surface area contributed by atoms with Crippen LogP contribution in [-0.2, 0) is 4.79 Å². The lowest BCUT2D eigenvalue weighted by Crippen LogP contribution is -2.31. The van der Waals surface area contributed by atoms with Gasteiger partial charge >= 0.3 is 6.03 Å². The van der Waals surface area contributed by atoms with Crippen molar-refractivity contribution >= 4 is 23.3 Å². The smallest absolute Gasteiger partial charge is 0.319 e. The maximum absolute atomic E-state index is 13.3. The van der Waals surface area contributed by atoms with E-state index < -0.39 is 11.8 Å². The zero-order valence-corrected chi connectivity index (χ0v) is 13.6. The average Bonchev–Trinajstić information content (AvgIpc) is 2.91. The van der Waals surface area contributed by atoms with Gasteiger partial charge in [0.15, 0.2) is 0 Å². The van der Waals surface area contributed by atoms with Crippen molar-refractivity contribution in [2.24, 2.45) is 0 Å². The fourth-order valence-corrected chi connectivity index (χ4v) is 2.84. The molecule has 0 aliphatic carbocycles. The van der Waals surface area contributed by atoms with Crippen LogP contribution < -0.4 is 20.7 Å². The molecule has 130 valence electrons. The van der Waals surface area contributed by atoms with E-state index in [1.54, 1.807) is 0 Å². The van der Waals surface area contributed by atoms with E-state index in [9.17, 15) is 14.0 Å². The summed E-state index contributed by atoms with van der Waals surface area (Å²) < 4.78 is 18.4. The Morgan fingerprint density at radius 2 is 2.08 bits per heavy atom. The van der Waals surface area contributed by atoms with Gasteiger partial charge in [-0.1, -0.05) is 18.2 Å². The Bertz CT molecular complexity index is 810. The Balaban J connectivity index is 1.55. The van der Waals surface area contributed by atoms with Crippen LogP contribution in [0.25, 0.3) is 0 Å². The lowest BCUT2D eigenvalue weighted by atomic mass is 9.97. The van der Waals surface area contributed by atoms with Crippen LogP contribution in [0.3, 0.4) is 0 Å². The summed E-state index contributed by atoms with van der Waals surface area (Å²) in [6.45, 7) is 0.301. The lowest BCUT2D eigenvalue weighted by Gasteiger charge is -2.12. The van der Waals surface area contributed by atoms with Crippen molar-refractivity contribution in [3.05, 3.63) is 53.8 Å². The van der Waals surface area contributed by atoms with Crippen molar-refractivity contribution in [2.45, 2.75) is 12.3 Å². The summed E-state index contributed by atoms with van der Waals surface area (Å²) in [7, 11) is 1.44. The van der Waals surface area contributed by atoms with Crippen molar-refractivity contribution in [2.75, 3.05) is 24.3 Å². The van der Waals surface area contributed by atoms with Gasteiger partial charge in [-0.3, -0.25) is 4.79 Å². The molecule has 0 saturated heterocycles. The molecule has 1 heterocycles. The molecular weight excluding hydrogens is 325 g/mol. The fraction of sp³-hybridized carbons (Fsp3) is 0.222. The van der Waals surface area contributed by atoms with E-state index in [2.05, 4.69) is 16.0 Å². The minimum Gasteiger partial charge on any atom is -0.495 e. The number of urea groups is 1. The first-order valence-electron chi connectivity index (χ1n) is 7.86. The monoisotopic (exact) mass is 343 g/mol. The summed E-state index contributed by atoms with van der Waals surface area (Å²) in [6, 6.07) is 10.9. The molecule has 1 unspecified atom stereocenters. The maximum Gasteiger partial charge on any atom is 0.319 e. The van der Waals surface area contributed by atoms with E-state index >= 15 is 0 Å². The van der Waals surface area contributed by atoms with Crippen molar-refractivity contribution in [3.8, 4) is 5.75 Å². The molecule has 1 atom stereocenters. The SMILES string of the molecule is COc1ccc(F)cc1NC(=O)NCCC1C(=O)Nc2ccccc21. The van der Waals surface area contributed by atoms with Crippen LogP contribution in [0, 0.1) is 5.82 Å². The Labute approximate surface area is 144 Å². The third-order valence-corrected chi connectivity index (χ3v) is 4.04. The number of methoxy groups -OCH3 is 1. The number of amides is 3. The lowest BCUT2D eigenvalue weighted by molar-refractivity contribution is -0.117. The van der Waals surface area contributed by atoms with Crippen molar-refractivity contribution in [1.29, 1.82) is 0 Å². The van der Waals surface area contributed by atoms with Crippen LogP contribution in [-0.4, -0.2) is 25.6 Å². The molecule has 0 aromatic heterocycles. The number of fused-ring (bicyclic) bond motifs is 1. The number of nitrogens with one attached hydrogen (secondary N) is 3. The second kappa shape index (κ2) is 7.21. The van der Waals surface area contributed by atoms with Crippen molar-refractivity contribution in [3.63, 3.8) is 0 Å². The van der Waals surface area contributed by atoms with Gasteiger partial charge in [0.25, 0.3) is 0 Å². The molecule has 0 bridgehead atoms. The molecule has 3 amide bonds. The van der Waals surface area contributed by atoms with Gasteiger partial charge in [0, 0.05) is 18.3 Å². The third-order valence-electron chi connectivity index (χ3n) is 4.04. The first-order chi connectivity index (χ1) is 12.1. The van der Waals surface area contributed by atoms with Crippen LogP contribution in [0.4, 0.5) is 20.6 Å². The number of hydrogen-bond acceptors (Lipinski definition) is 3. The molecule has 1 aliphatic rings. The van der Waals surface area contributed by atoms with E-state index in [-0.39, 0.29) is 17.5 Å². The second-order valence-electron chi connectivity index (χ2n) is 5.64. The molecular formula is C18H18FN3O3. The van der Waals surface area contributed by atoms with E-state index in [0.29, 0.717) is 18.7 Å². The number of halogens is 1. The van der Waals surface area contributed by atoms with Crippen molar-refractivity contribution in [1.82, 2.24) is 5.32 Å². The number of hydrogen-bond donors (Lipinski definition) is 3. The van der Waals surface area contributed by atoms with Crippen LogP contribution >= 0.6 is 0 Å². The average molecular weight is 343 g/mol. The quantitative estimate of drug-likeness (QED) is 0.780. The predicted octanol–water partition coefficient (Wildman–Crippen LogP) is 3.08. The van der Waals surface area contributed by atoms with Crippen molar-refractivity contribution < 1.29 is 18.7 Å². The molecule has 0 radical (unpaired) electrons. The summed E-state index contributed by atoms with van der Waals surface area (Å²) in [6.07, 6.45) is 0.469. The summed E-state index contributed by atoms with van der Waals surface area (Å²) in [5.74, 6) is -0.480. The number of anilines is 2. The van der Waals surface area contributed by atoms with E-state index in [1.807, 2.05) is 24.3 Å². The van der Waals surface area contributed by atoms with Gasteiger partial charge in [0.05, 0.1) is 18.7 Å². The largest absolute Gasteiger partial charge is 0.495 e. The number of carbonyl (C=O) groups excluding carboxylic acids is 2. The van der Waals surface area contributed by atoms with E-state index in [4.69, 9.17) is 4.74 Å². The molecule has 1 aliphatic heterocycles. The highest BCUT2D eigenvalue weighted by atomic mass is 19.1. The molecule has 25 heavy (non-hydrogen) atoms. The highest BCUT2D eigenvalue weighted by Gasteiger charge is 2.29. The van der Waals surface area contributed by atoms with Gasteiger partial charge in [-0.2, -0.15) is 0 Å². The standard InChI is InChI=1S/C18H18FN3O3/c1-25-16-7-6-11(19)10-15(16)22-18(24)20-9-8-13-12-4-2-3-5-14(12)21-17(13)23/h2-7,10,13H,8-9H2,1H3,(H,21,23)(H2,20,22,24). The fourth-order valence-electron chi connectivity index (χ4n) is 2.84. The molecule has 0 fully saturated rings. The first kappa shape index (κ1) is 16.8. The summed E-state index contributed by atoms with van der Waals surface area (Å²) in [5.41, 5.74) is 1.98.